The number of aromatic nitrogens is 1. The third kappa shape index (κ3) is 2.09. The Morgan fingerprint density at radius 3 is 3.00 bits per heavy atom. The van der Waals surface area contributed by atoms with Crippen LogP contribution >= 0.6 is 0 Å². The first-order valence-corrected chi connectivity index (χ1v) is 7.18. The minimum absolute atomic E-state index is 0.0470. The average Bonchev–Trinajstić information content (AvgIpc) is 2.99. The van der Waals surface area contributed by atoms with E-state index < -0.39 is 0 Å². The van der Waals surface area contributed by atoms with E-state index in [2.05, 4.69) is 10.3 Å². The number of rotatable bonds is 2. The molecular weight excluding hydrogens is 276 g/mol. The second-order valence-corrected chi connectivity index (χ2v) is 5.29. The maximum absolute atomic E-state index is 12.6. The summed E-state index contributed by atoms with van der Waals surface area (Å²) in [5, 5.41) is 5.01. The van der Waals surface area contributed by atoms with E-state index in [1.54, 1.807) is 12.4 Å². The molecule has 0 saturated carbocycles. The minimum atomic E-state index is -0.270. The Balaban J connectivity index is 1.65. The molecule has 3 aromatic rings. The molecule has 1 unspecified atom stereocenters. The van der Waals surface area contributed by atoms with Crippen molar-refractivity contribution >= 4 is 22.4 Å². The highest BCUT2D eigenvalue weighted by atomic mass is 16.5. The summed E-state index contributed by atoms with van der Waals surface area (Å²) < 4.78 is 5.59. The summed E-state index contributed by atoms with van der Waals surface area (Å²) in [4.78, 5) is 16.7. The molecule has 1 aliphatic rings. The van der Waals surface area contributed by atoms with Crippen LogP contribution in [0.3, 0.4) is 0 Å². The molecule has 1 amide bonds. The molecule has 1 atom stereocenters. The highest BCUT2D eigenvalue weighted by molar-refractivity contribution is 6.04. The van der Waals surface area contributed by atoms with Crippen LogP contribution in [0.25, 0.3) is 10.8 Å². The Morgan fingerprint density at radius 1 is 1.14 bits per heavy atom. The van der Waals surface area contributed by atoms with E-state index in [1.165, 1.54) is 0 Å². The Labute approximate surface area is 127 Å². The fourth-order valence-electron chi connectivity index (χ4n) is 2.83. The van der Waals surface area contributed by atoms with Gasteiger partial charge < -0.3 is 10.1 Å². The second-order valence-electron chi connectivity index (χ2n) is 5.29. The number of nitrogens with one attached hydrogen (secondary N) is 1. The lowest BCUT2D eigenvalue weighted by Crippen LogP contribution is -2.22. The van der Waals surface area contributed by atoms with Gasteiger partial charge in [0.15, 0.2) is 0 Å². The van der Waals surface area contributed by atoms with Gasteiger partial charge in [-0.3, -0.25) is 9.78 Å². The van der Waals surface area contributed by atoms with Crippen molar-refractivity contribution in [2.45, 2.75) is 5.92 Å². The molecule has 0 saturated heterocycles. The fourth-order valence-corrected chi connectivity index (χ4v) is 2.83. The summed E-state index contributed by atoms with van der Waals surface area (Å²) in [5.41, 5.74) is 1.75. The van der Waals surface area contributed by atoms with Crippen molar-refractivity contribution in [1.82, 2.24) is 4.98 Å². The number of pyridine rings is 1. The number of amides is 1. The first kappa shape index (κ1) is 12.8. The van der Waals surface area contributed by atoms with E-state index in [0.717, 1.165) is 27.8 Å². The first-order valence-electron chi connectivity index (χ1n) is 7.18. The zero-order valence-electron chi connectivity index (χ0n) is 11.8. The molecule has 0 fully saturated rings. The Bertz CT molecular complexity index is 855. The van der Waals surface area contributed by atoms with Crippen molar-refractivity contribution in [3.63, 3.8) is 0 Å². The van der Waals surface area contributed by atoms with Gasteiger partial charge in [-0.1, -0.05) is 30.3 Å². The molecule has 0 bridgehead atoms. The highest BCUT2D eigenvalue weighted by Crippen LogP contribution is 2.34. The fraction of sp³-hybridized carbons (Fsp3) is 0.111. The van der Waals surface area contributed by atoms with E-state index >= 15 is 0 Å². The molecule has 1 N–H and O–H groups in total. The zero-order chi connectivity index (χ0) is 14.9. The van der Waals surface area contributed by atoms with E-state index in [9.17, 15) is 4.79 Å². The first-order chi connectivity index (χ1) is 10.8. The van der Waals surface area contributed by atoms with Gasteiger partial charge in [-0.05, 0) is 18.2 Å². The summed E-state index contributed by atoms with van der Waals surface area (Å²) in [6, 6.07) is 15.4. The largest absolute Gasteiger partial charge is 0.492 e. The number of carbonyl (C=O) groups is 1. The zero-order valence-corrected chi connectivity index (χ0v) is 11.8. The summed E-state index contributed by atoms with van der Waals surface area (Å²) in [5.74, 6) is 0.479. The van der Waals surface area contributed by atoms with Crippen molar-refractivity contribution in [3.05, 3.63) is 66.5 Å². The normalized spacial score (nSPS) is 16.1. The third-order valence-corrected chi connectivity index (χ3v) is 3.96. The van der Waals surface area contributed by atoms with Crippen LogP contribution in [0.4, 0.5) is 5.69 Å². The van der Waals surface area contributed by atoms with Gasteiger partial charge in [-0.15, -0.1) is 0 Å². The SMILES string of the molecule is O=C(Nc1cccc2cnccc12)C1COc2ccccc21. The Hall–Kier alpha value is -2.88. The molecule has 22 heavy (non-hydrogen) atoms. The van der Waals surface area contributed by atoms with Gasteiger partial charge in [0.05, 0.1) is 0 Å². The van der Waals surface area contributed by atoms with Gasteiger partial charge in [0.25, 0.3) is 0 Å². The summed E-state index contributed by atoms with van der Waals surface area (Å²) >= 11 is 0. The van der Waals surface area contributed by atoms with E-state index in [-0.39, 0.29) is 11.8 Å². The lowest BCUT2D eigenvalue weighted by molar-refractivity contribution is -0.117. The highest BCUT2D eigenvalue weighted by Gasteiger charge is 2.30. The molecule has 4 rings (SSSR count). The van der Waals surface area contributed by atoms with Gasteiger partial charge >= 0.3 is 0 Å². The van der Waals surface area contributed by atoms with Gasteiger partial charge in [0, 0.05) is 34.4 Å². The number of hydrogen-bond acceptors (Lipinski definition) is 3. The molecule has 2 heterocycles. The Kier molecular flexibility index (Phi) is 3.00. The minimum Gasteiger partial charge on any atom is -0.492 e. The van der Waals surface area contributed by atoms with Gasteiger partial charge in [-0.25, -0.2) is 0 Å². The van der Waals surface area contributed by atoms with Crippen molar-refractivity contribution in [2.24, 2.45) is 0 Å². The number of hydrogen-bond donors (Lipinski definition) is 1. The van der Waals surface area contributed by atoms with Crippen LogP contribution in [0.2, 0.25) is 0 Å². The van der Waals surface area contributed by atoms with Gasteiger partial charge in [0.1, 0.15) is 18.3 Å². The van der Waals surface area contributed by atoms with Crippen LogP contribution < -0.4 is 10.1 Å². The average molecular weight is 290 g/mol. The smallest absolute Gasteiger partial charge is 0.235 e. The molecule has 4 heteroatoms. The molecule has 0 aliphatic carbocycles. The number of fused-ring (bicyclic) bond motifs is 2. The van der Waals surface area contributed by atoms with Crippen LogP contribution in [0.1, 0.15) is 11.5 Å². The molecule has 0 radical (unpaired) electrons. The molecule has 0 spiro atoms. The lowest BCUT2D eigenvalue weighted by Gasteiger charge is -2.12. The molecule has 4 nitrogen and oxygen atoms in total. The van der Waals surface area contributed by atoms with Crippen LogP contribution in [0.5, 0.6) is 5.75 Å². The number of anilines is 1. The second kappa shape index (κ2) is 5.15. The predicted molar refractivity (Wildman–Crippen MR) is 85.1 cm³/mol. The Morgan fingerprint density at radius 2 is 2.05 bits per heavy atom. The summed E-state index contributed by atoms with van der Waals surface area (Å²) in [6.07, 6.45) is 3.52. The van der Waals surface area contributed by atoms with Crippen molar-refractivity contribution < 1.29 is 9.53 Å². The van der Waals surface area contributed by atoms with E-state index in [0.29, 0.717) is 6.61 Å². The molecule has 1 aliphatic heterocycles. The standard InChI is InChI=1S/C18H14N2O2/c21-18(15-11-22-17-7-2-1-5-14(15)17)20-16-6-3-4-12-10-19-9-8-13(12)16/h1-10,15H,11H2,(H,20,21). The molecule has 108 valence electrons. The quantitative estimate of drug-likeness (QED) is 0.787. The van der Waals surface area contributed by atoms with Gasteiger partial charge in [0.2, 0.25) is 5.91 Å². The monoisotopic (exact) mass is 290 g/mol. The van der Waals surface area contributed by atoms with Crippen LogP contribution in [-0.4, -0.2) is 17.5 Å². The number of ether oxygens (including phenoxy) is 1. The maximum Gasteiger partial charge on any atom is 0.235 e. The van der Waals surface area contributed by atoms with Crippen LogP contribution in [0, 0.1) is 0 Å². The topological polar surface area (TPSA) is 51.2 Å². The number of benzene rings is 2. The lowest BCUT2D eigenvalue weighted by atomic mass is 10.00. The van der Waals surface area contributed by atoms with E-state index in [1.807, 2.05) is 48.5 Å². The van der Waals surface area contributed by atoms with Crippen molar-refractivity contribution in [2.75, 3.05) is 11.9 Å². The van der Waals surface area contributed by atoms with Crippen molar-refractivity contribution in [3.8, 4) is 5.75 Å². The maximum atomic E-state index is 12.6. The van der Waals surface area contributed by atoms with Crippen LogP contribution in [0.15, 0.2) is 60.9 Å². The number of nitrogens with zero attached hydrogens (tertiary/aromatic N) is 1. The molecular formula is C18H14N2O2. The van der Waals surface area contributed by atoms with Crippen LogP contribution in [-0.2, 0) is 4.79 Å². The predicted octanol–water partition coefficient (Wildman–Crippen LogP) is 3.35. The summed E-state index contributed by atoms with van der Waals surface area (Å²) in [7, 11) is 0. The molecule has 2 aromatic carbocycles. The van der Waals surface area contributed by atoms with Gasteiger partial charge in [-0.2, -0.15) is 0 Å². The summed E-state index contributed by atoms with van der Waals surface area (Å²) in [6.45, 7) is 0.386. The van der Waals surface area contributed by atoms with Crippen molar-refractivity contribution in [1.29, 1.82) is 0 Å². The molecule has 1 aromatic heterocycles. The van der Waals surface area contributed by atoms with E-state index in [4.69, 9.17) is 4.74 Å². The third-order valence-electron chi connectivity index (χ3n) is 3.96. The number of para-hydroxylation sites is 1. The number of carbonyl (C=O) groups excluding carboxylic acids is 1.